The molecule has 2 atom stereocenters. The number of aliphatic hydroxyl groups is 1. The Balaban J connectivity index is 1.87. The van der Waals surface area contributed by atoms with E-state index >= 15 is 0 Å². The van der Waals surface area contributed by atoms with E-state index in [0.717, 1.165) is 12.8 Å². The predicted octanol–water partition coefficient (Wildman–Crippen LogP) is 0.00800. The van der Waals surface area contributed by atoms with Gasteiger partial charge in [-0.2, -0.15) is 0 Å². The molecular formula is C11H16N4O3. The Morgan fingerprint density at radius 1 is 1.61 bits per heavy atom. The summed E-state index contributed by atoms with van der Waals surface area (Å²) in [6.45, 7) is 0.496. The molecule has 0 saturated carbocycles. The number of aromatic nitrogens is 2. The number of amides is 1. The van der Waals surface area contributed by atoms with Crippen LogP contribution in [-0.2, 0) is 4.74 Å². The van der Waals surface area contributed by atoms with Gasteiger partial charge in [-0.3, -0.25) is 9.36 Å². The molecule has 3 rings (SSSR count). The maximum atomic E-state index is 11.9. The lowest BCUT2D eigenvalue weighted by atomic mass is 10.2. The molecule has 0 unspecified atom stereocenters. The fraction of sp³-hybridized carbons (Fsp3) is 0.636. The average molecular weight is 252 g/mol. The molecule has 98 valence electrons. The van der Waals surface area contributed by atoms with E-state index in [1.54, 1.807) is 18.3 Å². The van der Waals surface area contributed by atoms with Gasteiger partial charge in [0.05, 0.1) is 25.7 Å². The summed E-state index contributed by atoms with van der Waals surface area (Å²) in [6, 6.07) is 0. The molecular weight excluding hydrogens is 236 g/mol. The second kappa shape index (κ2) is 4.25. The van der Waals surface area contributed by atoms with Gasteiger partial charge in [0.15, 0.2) is 5.69 Å². The van der Waals surface area contributed by atoms with Gasteiger partial charge in [0, 0.05) is 7.05 Å². The van der Waals surface area contributed by atoms with Crippen LogP contribution in [0.15, 0.2) is 6.33 Å². The first-order valence-electron chi connectivity index (χ1n) is 6.03. The van der Waals surface area contributed by atoms with Crippen LogP contribution in [-0.4, -0.2) is 51.9 Å². The summed E-state index contributed by atoms with van der Waals surface area (Å²) in [4.78, 5) is 17.6. The molecule has 2 aliphatic rings. The van der Waals surface area contributed by atoms with Gasteiger partial charge in [0.1, 0.15) is 12.0 Å². The number of carbonyl (C=O) groups is 1. The fourth-order valence-electron chi connectivity index (χ4n) is 2.38. The lowest BCUT2D eigenvalue weighted by Gasteiger charge is -2.25. The molecule has 0 aromatic carbocycles. The second-order valence-electron chi connectivity index (χ2n) is 4.66. The van der Waals surface area contributed by atoms with Gasteiger partial charge >= 0.3 is 0 Å². The minimum atomic E-state index is -0.151. The zero-order chi connectivity index (χ0) is 12.7. The Labute approximate surface area is 104 Å². The molecule has 1 saturated heterocycles. The highest BCUT2D eigenvalue weighted by atomic mass is 16.5. The molecule has 18 heavy (non-hydrogen) atoms. The number of nitrogens with one attached hydrogen (secondary N) is 1. The summed E-state index contributed by atoms with van der Waals surface area (Å²) < 4.78 is 7.53. The van der Waals surface area contributed by atoms with Gasteiger partial charge in [-0.1, -0.05) is 0 Å². The van der Waals surface area contributed by atoms with Crippen LogP contribution in [0, 0.1) is 0 Å². The Kier molecular flexibility index (Phi) is 2.71. The average Bonchev–Trinajstić information content (AvgIpc) is 2.99. The van der Waals surface area contributed by atoms with Crippen LogP contribution in [0.2, 0.25) is 0 Å². The van der Waals surface area contributed by atoms with Gasteiger partial charge in [-0.25, -0.2) is 4.98 Å². The van der Waals surface area contributed by atoms with Crippen molar-refractivity contribution in [3.8, 4) is 0 Å². The molecule has 1 fully saturated rings. The van der Waals surface area contributed by atoms with Gasteiger partial charge in [0.2, 0.25) is 0 Å². The van der Waals surface area contributed by atoms with E-state index in [0.29, 0.717) is 18.2 Å². The summed E-state index contributed by atoms with van der Waals surface area (Å²) in [5.74, 6) is 0.626. The minimum Gasteiger partial charge on any atom is -0.394 e. The first-order valence-corrected chi connectivity index (χ1v) is 6.03. The van der Waals surface area contributed by atoms with Crippen molar-refractivity contribution >= 4 is 11.7 Å². The van der Waals surface area contributed by atoms with E-state index in [4.69, 9.17) is 9.84 Å². The van der Waals surface area contributed by atoms with Crippen LogP contribution in [0.3, 0.4) is 0 Å². The highest BCUT2D eigenvalue weighted by Gasteiger charge is 2.32. The molecule has 0 spiro atoms. The molecule has 7 nitrogen and oxygen atoms in total. The van der Waals surface area contributed by atoms with Gasteiger partial charge in [-0.05, 0) is 12.8 Å². The van der Waals surface area contributed by atoms with Crippen molar-refractivity contribution in [3.05, 3.63) is 12.0 Å². The van der Waals surface area contributed by atoms with E-state index in [1.807, 2.05) is 4.57 Å². The molecule has 1 aromatic rings. The summed E-state index contributed by atoms with van der Waals surface area (Å²) in [7, 11) is 1.73. The minimum absolute atomic E-state index is 0.0302. The Morgan fingerprint density at radius 3 is 3.17 bits per heavy atom. The zero-order valence-electron chi connectivity index (χ0n) is 10.2. The number of nitrogens with zero attached hydrogens (tertiary/aromatic N) is 3. The number of carbonyl (C=O) groups excluding carboxylic acids is 1. The molecule has 0 radical (unpaired) electrons. The van der Waals surface area contributed by atoms with E-state index in [9.17, 15) is 4.79 Å². The van der Waals surface area contributed by atoms with Crippen molar-refractivity contribution in [2.45, 2.75) is 25.2 Å². The normalized spacial score (nSPS) is 27.2. The van der Waals surface area contributed by atoms with Crippen molar-refractivity contribution in [3.63, 3.8) is 0 Å². The molecule has 2 aliphatic heterocycles. The molecule has 2 N–H and O–H groups in total. The number of imidazole rings is 1. The fourth-order valence-corrected chi connectivity index (χ4v) is 2.38. The first kappa shape index (κ1) is 11.5. The van der Waals surface area contributed by atoms with Crippen LogP contribution in [0.4, 0.5) is 5.82 Å². The van der Waals surface area contributed by atoms with Crippen LogP contribution in [0.1, 0.15) is 29.6 Å². The standard InChI is InChI=1S/C11H16N4O3/c1-14-5-13-10-9(11(14)17)12-6-15(10)8-3-2-7(4-16)18-8/h6-8,13,16H,2-5H2,1H3/t7-,8+/m0/s1. The van der Waals surface area contributed by atoms with Crippen LogP contribution >= 0.6 is 0 Å². The van der Waals surface area contributed by atoms with E-state index < -0.39 is 0 Å². The molecule has 0 bridgehead atoms. The number of aliphatic hydroxyl groups excluding tert-OH is 1. The Hall–Kier alpha value is -1.60. The molecule has 1 amide bonds. The van der Waals surface area contributed by atoms with Crippen LogP contribution < -0.4 is 5.32 Å². The van der Waals surface area contributed by atoms with E-state index in [-0.39, 0.29) is 24.8 Å². The second-order valence-corrected chi connectivity index (χ2v) is 4.66. The monoisotopic (exact) mass is 252 g/mol. The first-order chi connectivity index (χ1) is 8.70. The van der Waals surface area contributed by atoms with Gasteiger partial charge in [0.25, 0.3) is 5.91 Å². The summed E-state index contributed by atoms with van der Waals surface area (Å²) in [5, 5.41) is 12.2. The largest absolute Gasteiger partial charge is 0.394 e. The van der Waals surface area contributed by atoms with Crippen LogP contribution in [0.5, 0.6) is 0 Å². The molecule has 7 heteroatoms. The van der Waals surface area contributed by atoms with Gasteiger partial charge in [-0.15, -0.1) is 0 Å². The third-order valence-corrected chi connectivity index (χ3v) is 3.43. The number of hydrogen-bond acceptors (Lipinski definition) is 5. The predicted molar refractivity (Wildman–Crippen MR) is 63.0 cm³/mol. The quantitative estimate of drug-likeness (QED) is 0.775. The van der Waals surface area contributed by atoms with E-state index in [2.05, 4.69) is 10.3 Å². The van der Waals surface area contributed by atoms with Crippen molar-refractivity contribution in [2.24, 2.45) is 0 Å². The highest BCUT2D eigenvalue weighted by molar-refractivity contribution is 5.98. The van der Waals surface area contributed by atoms with Crippen molar-refractivity contribution < 1.29 is 14.6 Å². The number of anilines is 1. The third-order valence-electron chi connectivity index (χ3n) is 3.43. The SMILES string of the molecule is CN1CNc2c(ncn2[C@H]2CC[C@@H](CO)O2)C1=O. The Bertz CT molecular complexity index is 473. The molecule has 3 heterocycles. The number of fused-ring (bicyclic) bond motifs is 1. The lowest BCUT2D eigenvalue weighted by Crippen LogP contribution is -2.37. The molecule has 0 aliphatic carbocycles. The van der Waals surface area contributed by atoms with Crippen LogP contribution in [0.25, 0.3) is 0 Å². The maximum absolute atomic E-state index is 11.9. The lowest BCUT2D eigenvalue weighted by molar-refractivity contribution is -0.0215. The summed E-state index contributed by atoms with van der Waals surface area (Å²) in [6.07, 6.45) is 3.00. The Morgan fingerprint density at radius 2 is 2.44 bits per heavy atom. The smallest absolute Gasteiger partial charge is 0.277 e. The maximum Gasteiger partial charge on any atom is 0.277 e. The van der Waals surface area contributed by atoms with Gasteiger partial charge < -0.3 is 20.1 Å². The third kappa shape index (κ3) is 1.67. The highest BCUT2D eigenvalue weighted by Crippen LogP contribution is 2.32. The van der Waals surface area contributed by atoms with Crippen molar-refractivity contribution in [2.75, 3.05) is 25.6 Å². The molecule has 1 aromatic heterocycles. The van der Waals surface area contributed by atoms with Crippen molar-refractivity contribution in [1.29, 1.82) is 0 Å². The summed E-state index contributed by atoms with van der Waals surface area (Å²) >= 11 is 0. The van der Waals surface area contributed by atoms with Crippen molar-refractivity contribution in [1.82, 2.24) is 14.5 Å². The topological polar surface area (TPSA) is 79.6 Å². The number of rotatable bonds is 2. The number of hydrogen-bond donors (Lipinski definition) is 2. The van der Waals surface area contributed by atoms with E-state index in [1.165, 1.54) is 0 Å². The summed E-state index contributed by atoms with van der Waals surface area (Å²) in [5.41, 5.74) is 0.430. The number of ether oxygens (including phenoxy) is 1. The zero-order valence-corrected chi connectivity index (χ0v) is 10.2.